The number of aromatic nitrogens is 2. The Morgan fingerprint density at radius 2 is 1.62 bits per heavy atom. The van der Waals surface area contributed by atoms with Gasteiger partial charge in [-0.15, -0.1) is 10.2 Å². The summed E-state index contributed by atoms with van der Waals surface area (Å²) < 4.78 is 21.6. The standard InChI is InChI=1S/C43H45ClFN9O6/c44-33-17-30(6-1-25(33)20-46)60-29-7-2-26(3-8-29)47-40(56)35-9-11-38(50-49-35)53-27-4-5-28(53)23-51(22-27)21-24-13-15-52(16-14-24)37-19-32-31(18-34(37)45)42(58)54(43(32)59)36-10-12-39(55)48-41(36)57/h1,6,9,11,17-19,24,26-29,36H,2-5,7-8,10,12-16,21-23H2,(H,47,56)(H,48,55,57)/t26-,27?,28?,29-,36?. The van der Waals surface area contributed by atoms with Crippen molar-refractivity contribution in [3.05, 3.63) is 75.7 Å². The van der Waals surface area contributed by atoms with Crippen LogP contribution in [-0.2, 0) is 9.59 Å². The number of ether oxygens (including phenoxy) is 1. The number of nitrogens with zero attached hydrogens (tertiary/aromatic N) is 7. The Morgan fingerprint density at radius 3 is 2.27 bits per heavy atom. The van der Waals surface area contributed by atoms with E-state index in [1.54, 1.807) is 24.3 Å². The van der Waals surface area contributed by atoms with Crippen LogP contribution < -0.4 is 25.2 Å². The number of likely N-dealkylation sites (tertiary alicyclic amines) is 1. The number of carbonyl (C=O) groups is 5. The first kappa shape index (κ1) is 39.8. The Morgan fingerprint density at radius 1 is 0.900 bits per heavy atom. The van der Waals surface area contributed by atoms with Crippen molar-refractivity contribution in [1.82, 2.24) is 30.6 Å². The summed E-state index contributed by atoms with van der Waals surface area (Å²) in [6.07, 6.45) is 6.95. The smallest absolute Gasteiger partial charge is 0.272 e. The fraction of sp³-hybridized carbons (Fsp3) is 0.488. The highest BCUT2D eigenvalue weighted by Crippen LogP contribution is 2.37. The number of fused-ring (bicyclic) bond motifs is 3. The molecule has 1 saturated carbocycles. The van der Waals surface area contributed by atoms with Crippen molar-refractivity contribution in [2.24, 2.45) is 5.92 Å². The number of piperidine rings is 2. The third-order valence-electron chi connectivity index (χ3n) is 13.1. The average molecular weight is 838 g/mol. The van der Waals surface area contributed by atoms with Gasteiger partial charge in [-0.1, -0.05) is 11.6 Å². The minimum absolute atomic E-state index is 0.00483. The molecule has 17 heteroatoms. The van der Waals surface area contributed by atoms with Crippen LogP contribution in [0, 0.1) is 23.1 Å². The average Bonchev–Trinajstić information content (AvgIpc) is 3.65. The van der Waals surface area contributed by atoms with E-state index in [0.717, 1.165) is 87.8 Å². The van der Waals surface area contributed by atoms with E-state index < -0.39 is 35.5 Å². The minimum Gasteiger partial charge on any atom is -0.490 e. The molecule has 2 bridgehead atoms. The predicted molar refractivity (Wildman–Crippen MR) is 216 cm³/mol. The van der Waals surface area contributed by atoms with Gasteiger partial charge in [0, 0.05) is 63.3 Å². The number of halogens is 2. The van der Waals surface area contributed by atoms with E-state index in [0.29, 0.717) is 35.3 Å². The van der Waals surface area contributed by atoms with Crippen LogP contribution in [0.3, 0.4) is 0 Å². The lowest BCUT2D eigenvalue weighted by molar-refractivity contribution is -0.136. The van der Waals surface area contributed by atoms with Crippen molar-refractivity contribution in [2.45, 2.75) is 94.5 Å². The number of carbonyl (C=O) groups excluding carboxylic acids is 5. The lowest BCUT2D eigenvalue weighted by Gasteiger charge is -2.43. The number of hydrogen-bond donors (Lipinski definition) is 2. The zero-order valence-electron chi connectivity index (χ0n) is 32.9. The number of imide groups is 2. The predicted octanol–water partition coefficient (Wildman–Crippen LogP) is 4.23. The molecule has 5 amide bonds. The number of benzene rings is 2. The molecule has 4 saturated heterocycles. The van der Waals surface area contributed by atoms with Crippen LogP contribution in [0.25, 0.3) is 0 Å². The summed E-state index contributed by atoms with van der Waals surface area (Å²) in [7, 11) is 0. The molecule has 1 aromatic heterocycles. The largest absolute Gasteiger partial charge is 0.490 e. The summed E-state index contributed by atoms with van der Waals surface area (Å²) in [5.74, 6) is -1.52. The zero-order valence-corrected chi connectivity index (χ0v) is 33.7. The summed E-state index contributed by atoms with van der Waals surface area (Å²) in [4.78, 5) is 71.4. The molecule has 3 aromatic rings. The summed E-state index contributed by atoms with van der Waals surface area (Å²) >= 11 is 6.16. The Labute approximate surface area is 351 Å². The van der Waals surface area contributed by atoms with Gasteiger partial charge >= 0.3 is 0 Å². The van der Waals surface area contributed by atoms with Crippen LogP contribution in [0.1, 0.15) is 101 Å². The third-order valence-corrected chi connectivity index (χ3v) is 13.4. The molecule has 5 fully saturated rings. The highest BCUT2D eigenvalue weighted by molar-refractivity contribution is 6.31. The maximum absolute atomic E-state index is 15.5. The monoisotopic (exact) mass is 837 g/mol. The van der Waals surface area contributed by atoms with Crippen LogP contribution in [0.2, 0.25) is 5.02 Å². The highest BCUT2D eigenvalue weighted by atomic mass is 35.5. The van der Waals surface area contributed by atoms with E-state index in [1.165, 1.54) is 6.07 Å². The number of piperazine rings is 1. The maximum Gasteiger partial charge on any atom is 0.272 e. The number of hydrogen-bond acceptors (Lipinski definition) is 12. The van der Waals surface area contributed by atoms with Gasteiger partial charge < -0.3 is 19.9 Å². The Kier molecular flexibility index (Phi) is 10.9. The molecule has 0 radical (unpaired) electrons. The lowest BCUT2D eigenvalue weighted by atomic mass is 9.93. The first-order chi connectivity index (χ1) is 29.0. The van der Waals surface area contributed by atoms with Gasteiger partial charge in [-0.25, -0.2) is 4.39 Å². The molecule has 5 aliphatic heterocycles. The fourth-order valence-corrected chi connectivity index (χ4v) is 10.2. The molecule has 3 atom stereocenters. The summed E-state index contributed by atoms with van der Waals surface area (Å²) in [6, 6.07) is 12.8. The van der Waals surface area contributed by atoms with Gasteiger partial charge in [-0.2, -0.15) is 5.26 Å². The second-order valence-corrected chi connectivity index (χ2v) is 17.2. The van der Waals surface area contributed by atoms with E-state index in [9.17, 15) is 24.0 Å². The number of nitrogens with one attached hydrogen (secondary N) is 2. The summed E-state index contributed by atoms with van der Waals surface area (Å²) in [5.41, 5.74) is 0.984. The molecule has 312 valence electrons. The van der Waals surface area contributed by atoms with Gasteiger partial charge in [0.2, 0.25) is 11.8 Å². The van der Waals surface area contributed by atoms with Crippen LogP contribution in [0.5, 0.6) is 5.75 Å². The fourth-order valence-electron chi connectivity index (χ4n) is 9.98. The van der Waals surface area contributed by atoms with Gasteiger partial charge in [0.15, 0.2) is 11.5 Å². The molecule has 60 heavy (non-hydrogen) atoms. The summed E-state index contributed by atoms with van der Waals surface area (Å²) in [6.45, 7) is 3.92. The Hall–Kier alpha value is -5.66. The molecular weight excluding hydrogens is 793 g/mol. The van der Waals surface area contributed by atoms with Crippen molar-refractivity contribution >= 4 is 52.6 Å². The zero-order chi connectivity index (χ0) is 41.7. The Bertz CT molecular complexity index is 2260. The van der Waals surface area contributed by atoms with Gasteiger partial charge in [0.05, 0.1) is 33.5 Å². The second-order valence-electron chi connectivity index (χ2n) is 16.8. The second kappa shape index (κ2) is 16.4. The SMILES string of the molecule is N#Cc1ccc(O[C@H]2CC[C@H](NC(=O)c3ccc(N4C5CCC4CN(CC4CCN(c6cc7c(cc6F)C(=O)N(C6CCC(=O)NC6=O)C7=O)CC4)C5)nn3)CC2)cc1Cl. The van der Waals surface area contributed by atoms with Crippen molar-refractivity contribution in [1.29, 1.82) is 5.26 Å². The van der Waals surface area contributed by atoms with Crippen molar-refractivity contribution in [2.75, 3.05) is 42.5 Å². The van der Waals surface area contributed by atoms with E-state index in [4.69, 9.17) is 21.6 Å². The molecule has 2 aromatic carbocycles. The molecule has 9 rings (SSSR count). The molecule has 6 heterocycles. The van der Waals surface area contributed by atoms with Crippen molar-refractivity contribution < 1.29 is 33.1 Å². The lowest BCUT2D eigenvalue weighted by Crippen LogP contribution is -2.55. The molecule has 6 aliphatic rings. The van der Waals surface area contributed by atoms with Gasteiger partial charge in [-0.3, -0.25) is 39.1 Å². The first-order valence-corrected chi connectivity index (χ1v) is 21.2. The number of anilines is 2. The van der Waals surface area contributed by atoms with E-state index >= 15 is 4.39 Å². The summed E-state index contributed by atoms with van der Waals surface area (Å²) in [5, 5.41) is 23.6. The first-order valence-electron chi connectivity index (χ1n) is 20.8. The quantitative estimate of drug-likeness (QED) is 0.294. The molecule has 1 aliphatic carbocycles. The van der Waals surface area contributed by atoms with E-state index in [2.05, 4.69) is 30.6 Å². The van der Waals surface area contributed by atoms with Crippen LogP contribution >= 0.6 is 11.6 Å². The molecule has 15 nitrogen and oxygen atoms in total. The molecule has 2 N–H and O–H groups in total. The van der Waals surface area contributed by atoms with Crippen LogP contribution in [-0.4, -0.2) is 113 Å². The highest BCUT2D eigenvalue weighted by Gasteiger charge is 2.46. The Balaban J connectivity index is 0.739. The number of nitriles is 1. The van der Waals surface area contributed by atoms with Crippen molar-refractivity contribution in [3.8, 4) is 11.8 Å². The third kappa shape index (κ3) is 7.76. The van der Waals surface area contributed by atoms with E-state index in [-0.39, 0.29) is 65.5 Å². The van der Waals surface area contributed by atoms with Crippen LogP contribution in [0.15, 0.2) is 42.5 Å². The number of rotatable bonds is 9. The van der Waals surface area contributed by atoms with Gasteiger partial charge in [0.25, 0.3) is 17.7 Å². The normalized spacial score (nSPS) is 25.9. The van der Waals surface area contributed by atoms with Gasteiger partial charge in [0.1, 0.15) is 23.7 Å². The van der Waals surface area contributed by atoms with Crippen LogP contribution in [0.4, 0.5) is 15.9 Å². The minimum atomic E-state index is -1.10. The van der Waals surface area contributed by atoms with Gasteiger partial charge in [-0.05, 0) is 100 Å². The maximum atomic E-state index is 15.5. The molecular formula is C43H45ClFN9O6. The molecule has 3 unspecified atom stereocenters. The molecule has 0 spiro atoms. The number of amides is 5. The topological polar surface area (TPSA) is 181 Å². The van der Waals surface area contributed by atoms with E-state index in [1.807, 2.05) is 17.0 Å². The van der Waals surface area contributed by atoms with Crippen molar-refractivity contribution in [3.63, 3.8) is 0 Å².